The van der Waals surface area contributed by atoms with Gasteiger partial charge in [0, 0.05) is 13.0 Å². The molecule has 2 aromatic carbocycles. The van der Waals surface area contributed by atoms with Gasteiger partial charge < -0.3 is 14.8 Å². The number of amides is 1. The molecular weight excluding hydrogens is 418 g/mol. The van der Waals surface area contributed by atoms with Crippen LogP contribution in [0.2, 0.25) is 0 Å². The first kappa shape index (κ1) is 24.7. The van der Waals surface area contributed by atoms with Crippen molar-refractivity contribution >= 4 is 16.2 Å². The lowest BCUT2D eigenvalue weighted by molar-refractivity contribution is 0.0528. The van der Waals surface area contributed by atoms with E-state index in [1.165, 1.54) is 12.1 Å². The van der Waals surface area contributed by atoms with Gasteiger partial charge in [0.1, 0.15) is 11.4 Å². The third-order valence-electron chi connectivity index (χ3n) is 4.11. The minimum absolute atomic E-state index is 0.0463. The van der Waals surface area contributed by atoms with E-state index < -0.39 is 21.8 Å². The average molecular weight is 450 g/mol. The minimum atomic E-state index is -3.75. The highest BCUT2D eigenvalue weighted by Gasteiger charge is 2.16. The predicted molar refractivity (Wildman–Crippen MR) is 119 cm³/mol. The van der Waals surface area contributed by atoms with E-state index in [1.54, 1.807) is 12.1 Å². The Morgan fingerprint density at radius 1 is 0.968 bits per heavy atom. The molecule has 0 aliphatic rings. The van der Waals surface area contributed by atoms with Crippen LogP contribution < -0.4 is 10.1 Å². The lowest BCUT2D eigenvalue weighted by Crippen LogP contribution is -2.33. The first-order valence-corrected chi connectivity index (χ1v) is 11.6. The van der Waals surface area contributed by atoms with Crippen LogP contribution in [0.25, 0.3) is 0 Å². The van der Waals surface area contributed by atoms with E-state index in [-0.39, 0.29) is 11.5 Å². The Balaban J connectivity index is 1.66. The lowest BCUT2D eigenvalue weighted by atomic mass is 10.1. The molecule has 2 aromatic rings. The third-order valence-corrected chi connectivity index (χ3v) is 5.44. The molecule has 0 heterocycles. The molecule has 0 fully saturated rings. The highest BCUT2D eigenvalue weighted by atomic mass is 32.2. The molecule has 0 saturated carbocycles. The zero-order chi connectivity index (χ0) is 22.9. The summed E-state index contributed by atoms with van der Waals surface area (Å²) in [5, 5.41) is 2.72. The molecule has 0 spiro atoms. The molecule has 31 heavy (non-hydrogen) atoms. The number of ether oxygens (including phenoxy) is 2. The first-order valence-electron chi connectivity index (χ1n) is 10.2. The van der Waals surface area contributed by atoms with Crippen molar-refractivity contribution in [3.05, 3.63) is 59.7 Å². The highest BCUT2D eigenvalue weighted by Crippen LogP contribution is 2.15. The van der Waals surface area contributed by atoms with Crippen LogP contribution >= 0.6 is 0 Å². The largest absolute Gasteiger partial charge is 0.494 e. The van der Waals surface area contributed by atoms with Gasteiger partial charge >= 0.3 is 6.09 Å². The number of aryl methyl sites for hydroxylation is 1. The summed E-state index contributed by atoms with van der Waals surface area (Å²) in [5.41, 5.74) is 1.52. The molecule has 2 rings (SSSR count). The molecule has 0 aliphatic carbocycles. The minimum Gasteiger partial charge on any atom is -0.494 e. The summed E-state index contributed by atoms with van der Waals surface area (Å²) in [6.07, 6.45) is 0.677. The molecule has 0 saturated heterocycles. The Kier molecular flexibility index (Phi) is 8.88. The fourth-order valence-electron chi connectivity index (χ4n) is 2.57. The summed E-state index contributed by atoms with van der Waals surface area (Å²) >= 11 is 0. The molecule has 0 unspecified atom stereocenters. The fraction of sp³-hybridized carbons (Fsp3) is 0.435. The van der Waals surface area contributed by atoms with Crippen LogP contribution in [0.15, 0.2) is 53.4 Å². The van der Waals surface area contributed by atoms with Crippen LogP contribution in [0.4, 0.5) is 4.79 Å². The molecular formula is C23H31NO6S. The number of nitrogens with one attached hydrogen (secondary N) is 1. The Bertz CT molecular complexity index is 932. The molecule has 7 nitrogen and oxygen atoms in total. The fourth-order valence-corrected chi connectivity index (χ4v) is 3.51. The molecule has 0 aliphatic heterocycles. The topological polar surface area (TPSA) is 90.9 Å². The maximum absolute atomic E-state index is 12.1. The lowest BCUT2D eigenvalue weighted by Gasteiger charge is -2.19. The van der Waals surface area contributed by atoms with E-state index in [1.807, 2.05) is 52.0 Å². The Morgan fingerprint density at radius 3 is 2.23 bits per heavy atom. The normalized spacial score (nSPS) is 11.7. The Labute approximate surface area is 184 Å². The van der Waals surface area contributed by atoms with Crippen molar-refractivity contribution in [1.29, 1.82) is 0 Å². The number of carbonyl (C=O) groups excluding carboxylic acids is 1. The predicted octanol–water partition coefficient (Wildman–Crippen LogP) is 4.24. The molecule has 0 radical (unpaired) electrons. The number of hydrogen-bond donors (Lipinski definition) is 1. The number of carbonyl (C=O) groups is 1. The van der Waals surface area contributed by atoms with Crippen LogP contribution in [-0.4, -0.2) is 39.9 Å². The molecule has 0 atom stereocenters. The first-order chi connectivity index (χ1) is 14.5. The zero-order valence-corrected chi connectivity index (χ0v) is 19.3. The smallest absolute Gasteiger partial charge is 0.407 e. The van der Waals surface area contributed by atoms with Gasteiger partial charge in [0.25, 0.3) is 10.1 Å². The maximum atomic E-state index is 12.1. The summed E-state index contributed by atoms with van der Waals surface area (Å²) in [6, 6.07) is 14.1. The van der Waals surface area contributed by atoms with Crippen molar-refractivity contribution < 1.29 is 26.9 Å². The Hall–Kier alpha value is -2.58. The van der Waals surface area contributed by atoms with Crippen molar-refractivity contribution in [1.82, 2.24) is 5.32 Å². The van der Waals surface area contributed by atoms with Crippen LogP contribution in [0.5, 0.6) is 5.75 Å². The van der Waals surface area contributed by atoms with Crippen LogP contribution in [0.3, 0.4) is 0 Å². The number of rotatable bonds is 10. The average Bonchev–Trinajstić information content (AvgIpc) is 2.68. The van der Waals surface area contributed by atoms with Gasteiger partial charge in [-0.15, -0.1) is 0 Å². The monoisotopic (exact) mass is 449 g/mol. The van der Waals surface area contributed by atoms with Gasteiger partial charge in [0.2, 0.25) is 0 Å². The Morgan fingerprint density at radius 2 is 1.61 bits per heavy atom. The summed E-state index contributed by atoms with van der Waals surface area (Å²) in [7, 11) is -3.75. The molecule has 0 bridgehead atoms. The molecule has 8 heteroatoms. The van der Waals surface area contributed by atoms with E-state index >= 15 is 0 Å². The second-order valence-electron chi connectivity index (χ2n) is 8.11. The number of benzene rings is 2. The summed E-state index contributed by atoms with van der Waals surface area (Å²) in [5.74, 6) is 0.685. The second kappa shape index (κ2) is 11.2. The van der Waals surface area contributed by atoms with E-state index in [4.69, 9.17) is 13.7 Å². The van der Waals surface area contributed by atoms with Gasteiger partial charge in [-0.2, -0.15) is 8.42 Å². The van der Waals surface area contributed by atoms with Crippen molar-refractivity contribution in [2.45, 2.75) is 51.0 Å². The third kappa shape index (κ3) is 9.40. The van der Waals surface area contributed by atoms with E-state index in [0.717, 1.165) is 11.1 Å². The van der Waals surface area contributed by atoms with Gasteiger partial charge in [0.15, 0.2) is 0 Å². The highest BCUT2D eigenvalue weighted by molar-refractivity contribution is 7.86. The summed E-state index contributed by atoms with van der Waals surface area (Å²) in [4.78, 5) is 11.8. The number of hydrogen-bond acceptors (Lipinski definition) is 6. The van der Waals surface area contributed by atoms with Gasteiger partial charge in [0.05, 0.1) is 18.1 Å². The van der Waals surface area contributed by atoms with Gasteiger partial charge in [-0.3, -0.25) is 4.18 Å². The van der Waals surface area contributed by atoms with E-state index in [9.17, 15) is 13.2 Å². The molecule has 170 valence electrons. The van der Waals surface area contributed by atoms with Gasteiger partial charge in [-0.05, 0) is 63.9 Å². The van der Waals surface area contributed by atoms with Gasteiger partial charge in [-0.1, -0.05) is 29.8 Å². The standard InChI is InChI=1S/C23H31NO6S/c1-18-6-12-21(13-7-18)31(26,27)29-17-5-16-28-20-10-8-19(9-11-20)14-15-24-22(25)30-23(2,3)4/h6-13H,5,14-17H2,1-4H3,(H,24,25). The summed E-state index contributed by atoms with van der Waals surface area (Å²) in [6.45, 7) is 8.21. The molecule has 1 amide bonds. The van der Waals surface area contributed by atoms with Crippen LogP contribution in [0, 0.1) is 6.92 Å². The van der Waals surface area contributed by atoms with Gasteiger partial charge in [-0.25, -0.2) is 4.79 Å². The van der Waals surface area contributed by atoms with E-state index in [2.05, 4.69) is 5.32 Å². The van der Waals surface area contributed by atoms with Crippen molar-refractivity contribution in [3.8, 4) is 5.75 Å². The summed E-state index contributed by atoms with van der Waals surface area (Å²) < 4.78 is 40.1. The SMILES string of the molecule is Cc1ccc(S(=O)(=O)OCCCOc2ccc(CCNC(=O)OC(C)(C)C)cc2)cc1. The van der Waals surface area contributed by atoms with Crippen molar-refractivity contribution in [3.63, 3.8) is 0 Å². The van der Waals surface area contributed by atoms with E-state index in [0.29, 0.717) is 31.7 Å². The van der Waals surface area contributed by atoms with Crippen molar-refractivity contribution in [2.24, 2.45) is 0 Å². The quantitative estimate of drug-likeness (QED) is 0.431. The number of alkyl carbamates (subject to hydrolysis) is 1. The van der Waals surface area contributed by atoms with Crippen LogP contribution in [0.1, 0.15) is 38.3 Å². The van der Waals surface area contributed by atoms with Crippen LogP contribution in [-0.2, 0) is 25.5 Å². The zero-order valence-electron chi connectivity index (χ0n) is 18.5. The molecule has 1 N–H and O–H groups in total. The van der Waals surface area contributed by atoms with Crippen molar-refractivity contribution in [2.75, 3.05) is 19.8 Å². The molecule has 0 aromatic heterocycles. The maximum Gasteiger partial charge on any atom is 0.407 e. The second-order valence-corrected chi connectivity index (χ2v) is 9.73.